The van der Waals surface area contributed by atoms with Gasteiger partial charge in [-0.05, 0) is 38.2 Å². The van der Waals surface area contributed by atoms with Crippen molar-refractivity contribution in [1.82, 2.24) is 19.7 Å². The molecule has 0 bridgehead atoms. The zero-order valence-electron chi connectivity index (χ0n) is 15.3. The maximum atomic E-state index is 13.5. The van der Waals surface area contributed by atoms with Gasteiger partial charge in [0, 0.05) is 32.0 Å². The highest BCUT2D eigenvalue weighted by molar-refractivity contribution is 5.72. The van der Waals surface area contributed by atoms with Crippen LogP contribution in [-0.4, -0.2) is 49.7 Å². The van der Waals surface area contributed by atoms with Crippen molar-refractivity contribution in [3.8, 4) is 11.3 Å². The first-order valence-electron chi connectivity index (χ1n) is 9.24. The minimum atomic E-state index is -0.926. The lowest BCUT2D eigenvalue weighted by molar-refractivity contribution is 0.126. The summed E-state index contributed by atoms with van der Waals surface area (Å²) in [6.45, 7) is 2.00. The normalized spacial score (nSPS) is 21.4. The molecule has 0 saturated heterocycles. The van der Waals surface area contributed by atoms with Crippen LogP contribution in [0.25, 0.3) is 11.3 Å². The van der Waals surface area contributed by atoms with Crippen molar-refractivity contribution < 1.29 is 9.50 Å². The summed E-state index contributed by atoms with van der Waals surface area (Å²) >= 11 is 0. The summed E-state index contributed by atoms with van der Waals surface area (Å²) in [5.41, 5.74) is 1.60. The van der Waals surface area contributed by atoms with E-state index in [0.29, 0.717) is 18.2 Å². The third-order valence-corrected chi connectivity index (χ3v) is 4.74. The van der Waals surface area contributed by atoms with Crippen LogP contribution in [0.2, 0.25) is 0 Å². The van der Waals surface area contributed by atoms with Crippen LogP contribution >= 0.6 is 0 Å². The predicted molar refractivity (Wildman–Crippen MR) is 99.8 cm³/mol. The van der Waals surface area contributed by atoms with Crippen molar-refractivity contribution in [2.45, 2.75) is 57.3 Å². The van der Waals surface area contributed by atoms with Gasteiger partial charge in [-0.1, -0.05) is 6.92 Å². The van der Waals surface area contributed by atoms with E-state index in [1.54, 1.807) is 10.9 Å². The average Bonchev–Trinajstić information content (AvgIpc) is 3.08. The maximum absolute atomic E-state index is 13.5. The Morgan fingerprint density at radius 2 is 2.12 bits per heavy atom. The monoisotopic (exact) mass is 362 g/mol. The molecule has 7 nitrogen and oxygen atoms in total. The van der Waals surface area contributed by atoms with Crippen LogP contribution in [0.3, 0.4) is 0 Å². The molecule has 2 aromatic rings. The lowest BCUT2D eigenvalue weighted by Crippen LogP contribution is -2.29. The molecule has 142 valence electrons. The van der Waals surface area contributed by atoms with Gasteiger partial charge in [-0.3, -0.25) is 4.68 Å². The smallest absolute Gasteiger partial charge is 0.224 e. The van der Waals surface area contributed by atoms with Crippen LogP contribution in [0.5, 0.6) is 0 Å². The Morgan fingerprint density at radius 3 is 2.77 bits per heavy atom. The number of nitrogens with zero attached hydrogens (tertiary/aromatic N) is 4. The summed E-state index contributed by atoms with van der Waals surface area (Å²) in [5.74, 6) is 1.09. The second-order valence-electron chi connectivity index (χ2n) is 6.87. The summed E-state index contributed by atoms with van der Waals surface area (Å²) in [4.78, 5) is 8.88. The molecule has 1 fully saturated rings. The standard InChI is InChI=1S/C18H27FN6O/c1-3-12(19)10-20-18-21-11-15(16-8-9-25(2)24-16)17(23-18)22-13-4-6-14(26)7-5-13/h8-9,11-14,26H,3-7,10H2,1-2H3,(H2,20,21,22,23)/t12-,13?,14?/m0/s1. The second kappa shape index (κ2) is 8.44. The molecular formula is C18H27FN6O. The molecule has 3 N–H and O–H groups in total. The van der Waals surface area contributed by atoms with Gasteiger partial charge in [-0.15, -0.1) is 0 Å². The fraction of sp³-hybridized carbons (Fsp3) is 0.611. The zero-order valence-corrected chi connectivity index (χ0v) is 15.3. The van der Waals surface area contributed by atoms with Gasteiger partial charge in [-0.2, -0.15) is 10.1 Å². The van der Waals surface area contributed by atoms with Crippen LogP contribution in [0.4, 0.5) is 16.2 Å². The minimum absolute atomic E-state index is 0.189. The highest BCUT2D eigenvalue weighted by Gasteiger charge is 2.21. The summed E-state index contributed by atoms with van der Waals surface area (Å²) in [6, 6.07) is 2.16. The van der Waals surface area contributed by atoms with Gasteiger partial charge >= 0.3 is 0 Å². The second-order valence-corrected chi connectivity index (χ2v) is 6.87. The minimum Gasteiger partial charge on any atom is -0.393 e. The maximum Gasteiger partial charge on any atom is 0.224 e. The van der Waals surface area contributed by atoms with Crippen LogP contribution in [0.15, 0.2) is 18.5 Å². The molecule has 1 aliphatic rings. The summed E-state index contributed by atoms with van der Waals surface area (Å²) in [7, 11) is 1.86. The quantitative estimate of drug-likeness (QED) is 0.702. The number of halogens is 1. The van der Waals surface area contributed by atoms with Crippen molar-refractivity contribution in [3.63, 3.8) is 0 Å². The number of hydrogen-bond acceptors (Lipinski definition) is 6. The molecule has 0 aromatic carbocycles. The van der Waals surface area contributed by atoms with E-state index in [1.165, 1.54) is 0 Å². The Balaban J connectivity index is 1.81. The highest BCUT2D eigenvalue weighted by atomic mass is 19.1. The van der Waals surface area contributed by atoms with E-state index in [-0.39, 0.29) is 18.7 Å². The first kappa shape index (κ1) is 18.6. The van der Waals surface area contributed by atoms with Gasteiger partial charge < -0.3 is 15.7 Å². The van der Waals surface area contributed by atoms with Gasteiger partial charge in [0.15, 0.2) is 0 Å². The van der Waals surface area contributed by atoms with E-state index < -0.39 is 6.17 Å². The number of aromatic nitrogens is 4. The highest BCUT2D eigenvalue weighted by Crippen LogP contribution is 2.28. The molecule has 0 spiro atoms. The Kier molecular flexibility index (Phi) is 6.03. The third-order valence-electron chi connectivity index (χ3n) is 4.74. The zero-order chi connectivity index (χ0) is 18.5. The van der Waals surface area contributed by atoms with Crippen molar-refractivity contribution in [3.05, 3.63) is 18.5 Å². The lowest BCUT2D eigenvalue weighted by atomic mass is 9.93. The van der Waals surface area contributed by atoms with Crippen molar-refractivity contribution in [2.75, 3.05) is 17.2 Å². The molecule has 2 heterocycles. The van der Waals surface area contributed by atoms with Gasteiger partial charge in [0.2, 0.25) is 5.95 Å². The molecular weight excluding hydrogens is 335 g/mol. The number of aryl methyl sites for hydroxylation is 1. The van der Waals surface area contributed by atoms with E-state index in [1.807, 2.05) is 26.2 Å². The summed E-state index contributed by atoms with van der Waals surface area (Å²) in [6.07, 6.45) is 6.25. The molecule has 26 heavy (non-hydrogen) atoms. The molecule has 1 aliphatic carbocycles. The summed E-state index contributed by atoms with van der Waals surface area (Å²) < 4.78 is 15.2. The number of aliphatic hydroxyl groups is 1. The van der Waals surface area contributed by atoms with E-state index in [2.05, 4.69) is 25.7 Å². The van der Waals surface area contributed by atoms with Crippen LogP contribution in [-0.2, 0) is 7.05 Å². The number of rotatable bonds is 7. The van der Waals surface area contributed by atoms with Crippen LogP contribution in [0, 0.1) is 0 Å². The van der Waals surface area contributed by atoms with Gasteiger partial charge in [0.25, 0.3) is 0 Å². The average molecular weight is 362 g/mol. The molecule has 1 atom stereocenters. The number of hydrogen-bond donors (Lipinski definition) is 3. The van der Waals surface area contributed by atoms with Crippen molar-refractivity contribution >= 4 is 11.8 Å². The van der Waals surface area contributed by atoms with E-state index in [4.69, 9.17) is 0 Å². The summed E-state index contributed by atoms with van der Waals surface area (Å²) in [5, 5.41) is 20.6. The fourth-order valence-corrected chi connectivity index (χ4v) is 3.08. The molecule has 8 heteroatoms. The molecule has 0 aliphatic heterocycles. The lowest BCUT2D eigenvalue weighted by Gasteiger charge is -2.27. The Morgan fingerprint density at radius 1 is 1.35 bits per heavy atom. The van der Waals surface area contributed by atoms with Crippen LogP contribution in [0.1, 0.15) is 39.0 Å². The Bertz CT molecular complexity index is 713. The largest absolute Gasteiger partial charge is 0.393 e. The number of alkyl halides is 1. The van der Waals surface area contributed by atoms with Crippen molar-refractivity contribution in [2.24, 2.45) is 7.05 Å². The molecule has 2 aromatic heterocycles. The van der Waals surface area contributed by atoms with E-state index in [9.17, 15) is 9.50 Å². The number of nitrogens with one attached hydrogen (secondary N) is 2. The Hall–Kier alpha value is -2.22. The topological polar surface area (TPSA) is 87.9 Å². The van der Waals surface area contributed by atoms with E-state index >= 15 is 0 Å². The SMILES string of the molecule is CC[C@H](F)CNc1ncc(-c2ccn(C)n2)c(NC2CCC(O)CC2)n1. The predicted octanol–water partition coefficient (Wildman–Crippen LogP) is 2.75. The Labute approximate surface area is 153 Å². The number of aliphatic hydroxyl groups excluding tert-OH is 1. The third kappa shape index (κ3) is 4.69. The van der Waals surface area contributed by atoms with Crippen LogP contribution < -0.4 is 10.6 Å². The first-order valence-corrected chi connectivity index (χ1v) is 9.24. The number of anilines is 2. The van der Waals surface area contributed by atoms with Gasteiger partial charge in [0.05, 0.1) is 17.4 Å². The van der Waals surface area contributed by atoms with Crippen molar-refractivity contribution in [1.29, 1.82) is 0 Å². The van der Waals surface area contributed by atoms with Gasteiger partial charge in [0.1, 0.15) is 12.0 Å². The van der Waals surface area contributed by atoms with Gasteiger partial charge in [-0.25, -0.2) is 9.37 Å². The molecule has 0 unspecified atom stereocenters. The molecule has 3 rings (SSSR count). The first-order chi connectivity index (χ1) is 12.5. The molecule has 0 amide bonds. The van der Waals surface area contributed by atoms with E-state index in [0.717, 1.165) is 36.9 Å². The molecule has 0 radical (unpaired) electrons. The fourth-order valence-electron chi connectivity index (χ4n) is 3.08. The molecule has 1 saturated carbocycles.